The van der Waals surface area contributed by atoms with Crippen LogP contribution < -0.4 is 25.4 Å². The molecule has 2 fully saturated rings. The van der Waals surface area contributed by atoms with Crippen LogP contribution in [-0.2, 0) is 11.3 Å². The molecule has 5 rings (SSSR count). The van der Waals surface area contributed by atoms with Gasteiger partial charge in [-0.2, -0.15) is 0 Å². The highest BCUT2D eigenvalue weighted by atomic mass is 16.5. The minimum absolute atomic E-state index is 0.110. The molecular weight excluding hydrogens is 444 g/mol. The van der Waals surface area contributed by atoms with Crippen LogP contribution in [0, 0.1) is 13.8 Å². The van der Waals surface area contributed by atoms with Gasteiger partial charge in [0.2, 0.25) is 5.91 Å². The van der Waals surface area contributed by atoms with Crippen LogP contribution in [0.25, 0.3) is 0 Å². The van der Waals surface area contributed by atoms with Crippen LogP contribution >= 0.6 is 0 Å². The Morgan fingerprint density at radius 3 is 2.49 bits per heavy atom. The maximum atomic E-state index is 13.9. The average molecular weight is 479 g/mol. The minimum Gasteiger partial charge on any atom is -0.496 e. The Morgan fingerprint density at radius 2 is 1.80 bits per heavy atom. The van der Waals surface area contributed by atoms with Crippen LogP contribution in [0.2, 0.25) is 0 Å². The average Bonchev–Trinajstić information content (AvgIpc) is 2.84. The summed E-state index contributed by atoms with van der Waals surface area (Å²) in [7, 11) is 1.62. The Morgan fingerprint density at radius 1 is 1.06 bits per heavy atom. The molecule has 8 heteroatoms. The summed E-state index contributed by atoms with van der Waals surface area (Å²) >= 11 is 0. The second-order valence-electron chi connectivity index (χ2n) is 9.88. The molecule has 8 nitrogen and oxygen atoms in total. The number of fused-ring (bicyclic) bond motifs is 1. The highest BCUT2D eigenvalue weighted by Crippen LogP contribution is 2.42. The standard InChI is InChI=1S/C27H34N4O4/c1-17-8-10-22(35-20-14-28-15-20)24-21(17)16-31(26(33)30-24)27(11-5-4-6-12-27)25(32)29-19-9-7-18(2)23(13-19)34-3/h7-10,13,20,28H,4-6,11-12,14-16H2,1-3H3,(H,29,32)(H,30,33). The second-order valence-corrected chi connectivity index (χ2v) is 9.88. The predicted octanol–water partition coefficient (Wildman–Crippen LogP) is 4.35. The number of rotatable bonds is 6. The van der Waals surface area contributed by atoms with Crippen molar-refractivity contribution >= 4 is 23.3 Å². The number of hydrogen-bond acceptors (Lipinski definition) is 5. The predicted molar refractivity (Wildman–Crippen MR) is 135 cm³/mol. The number of benzene rings is 2. The number of carbonyl (C=O) groups excluding carboxylic acids is 2. The molecular formula is C27H34N4O4. The first kappa shape index (κ1) is 23.5. The molecule has 1 saturated carbocycles. The van der Waals surface area contributed by atoms with Gasteiger partial charge in [0.1, 0.15) is 23.1 Å². The van der Waals surface area contributed by atoms with E-state index < -0.39 is 5.54 Å². The quantitative estimate of drug-likeness (QED) is 0.574. The van der Waals surface area contributed by atoms with Gasteiger partial charge in [0, 0.05) is 30.4 Å². The third-order valence-corrected chi connectivity index (χ3v) is 7.63. The minimum atomic E-state index is -0.917. The van der Waals surface area contributed by atoms with Crippen LogP contribution in [0.4, 0.5) is 16.2 Å². The van der Waals surface area contributed by atoms with Gasteiger partial charge in [-0.25, -0.2) is 4.79 Å². The monoisotopic (exact) mass is 478 g/mol. The number of nitrogens with zero attached hydrogens (tertiary/aromatic N) is 1. The van der Waals surface area contributed by atoms with Crippen molar-refractivity contribution in [1.29, 1.82) is 0 Å². The molecule has 1 saturated heterocycles. The molecule has 0 aromatic heterocycles. The maximum Gasteiger partial charge on any atom is 0.323 e. The van der Waals surface area contributed by atoms with E-state index in [1.54, 1.807) is 12.0 Å². The third kappa shape index (κ3) is 4.31. The number of aryl methyl sites for hydroxylation is 2. The van der Waals surface area contributed by atoms with E-state index in [-0.39, 0.29) is 18.0 Å². The smallest absolute Gasteiger partial charge is 0.323 e. The van der Waals surface area contributed by atoms with Crippen LogP contribution in [0.1, 0.15) is 48.8 Å². The zero-order valence-electron chi connectivity index (χ0n) is 20.7. The summed E-state index contributed by atoms with van der Waals surface area (Å²) in [5.41, 5.74) is 3.55. The van der Waals surface area contributed by atoms with Crippen molar-refractivity contribution in [1.82, 2.24) is 10.2 Å². The summed E-state index contributed by atoms with van der Waals surface area (Å²) < 4.78 is 11.6. The molecule has 35 heavy (non-hydrogen) atoms. The zero-order valence-corrected chi connectivity index (χ0v) is 20.7. The summed E-state index contributed by atoms with van der Waals surface area (Å²) in [4.78, 5) is 29.2. The number of nitrogens with one attached hydrogen (secondary N) is 3. The Labute approximate surface area is 206 Å². The van der Waals surface area contributed by atoms with E-state index >= 15 is 0 Å². The van der Waals surface area contributed by atoms with E-state index in [4.69, 9.17) is 9.47 Å². The fourth-order valence-corrected chi connectivity index (χ4v) is 5.35. The zero-order chi connectivity index (χ0) is 24.6. The van der Waals surface area contributed by atoms with Crippen molar-refractivity contribution < 1.29 is 19.1 Å². The molecule has 0 atom stereocenters. The summed E-state index contributed by atoms with van der Waals surface area (Å²) in [5.74, 6) is 1.27. The molecule has 3 aliphatic rings. The van der Waals surface area contributed by atoms with Crippen molar-refractivity contribution in [2.24, 2.45) is 0 Å². The summed E-state index contributed by atoms with van der Waals surface area (Å²) in [6, 6.07) is 9.34. The van der Waals surface area contributed by atoms with Gasteiger partial charge in [-0.3, -0.25) is 4.79 Å². The van der Waals surface area contributed by atoms with Gasteiger partial charge >= 0.3 is 6.03 Å². The summed E-state index contributed by atoms with van der Waals surface area (Å²) in [6.07, 6.45) is 4.24. The molecule has 3 N–H and O–H groups in total. The first-order chi connectivity index (χ1) is 16.9. The fraction of sp³-hybridized carbons (Fsp3) is 0.481. The third-order valence-electron chi connectivity index (χ3n) is 7.63. The normalized spacial score (nSPS) is 19.3. The summed E-state index contributed by atoms with van der Waals surface area (Å²) in [6.45, 7) is 5.98. The van der Waals surface area contributed by atoms with E-state index in [1.807, 2.05) is 44.2 Å². The number of urea groups is 1. The molecule has 1 aliphatic carbocycles. The van der Waals surface area contributed by atoms with Gasteiger partial charge in [-0.1, -0.05) is 31.4 Å². The SMILES string of the molecule is COc1cc(NC(=O)C2(N3Cc4c(C)ccc(OC5CNC5)c4NC3=O)CCCCC2)ccc1C. The van der Waals surface area contributed by atoms with Crippen molar-refractivity contribution in [3.05, 3.63) is 47.0 Å². The fourth-order valence-electron chi connectivity index (χ4n) is 5.35. The van der Waals surface area contributed by atoms with E-state index in [0.29, 0.717) is 30.8 Å². The first-order valence-electron chi connectivity index (χ1n) is 12.5. The van der Waals surface area contributed by atoms with E-state index in [0.717, 1.165) is 60.5 Å². The molecule has 186 valence electrons. The van der Waals surface area contributed by atoms with Gasteiger partial charge in [-0.05, 0) is 49.9 Å². The lowest BCUT2D eigenvalue weighted by molar-refractivity contribution is -0.128. The number of carbonyl (C=O) groups is 2. The van der Waals surface area contributed by atoms with E-state index in [2.05, 4.69) is 16.0 Å². The Hall–Kier alpha value is -3.26. The highest BCUT2D eigenvalue weighted by Gasteiger charge is 2.49. The van der Waals surface area contributed by atoms with Crippen molar-refractivity contribution in [2.75, 3.05) is 30.8 Å². The lowest BCUT2D eigenvalue weighted by atomic mass is 9.78. The first-order valence-corrected chi connectivity index (χ1v) is 12.5. The van der Waals surface area contributed by atoms with Crippen LogP contribution in [0.5, 0.6) is 11.5 Å². The number of hydrogen-bond donors (Lipinski definition) is 3. The van der Waals surface area contributed by atoms with Gasteiger partial charge in [-0.15, -0.1) is 0 Å². The van der Waals surface area contributed by atoms with Crippen molar-refractivity contribution in [3.63, 3.8) is 0 Å². The van der Waals surface area contributed by atoms with Gasteiger partial charge in [0.15, 0.2) is 0 Å². The highest BCUT2D eigenvalue weighted by molar-refractivity contribution is 6.04. The molecule has 0 spiro atoms. The van der Waals surface area contributed by atoms with Crippen molar-refractivity contribution in [2.45, 2.75) is 64.1 Å². The Balaban J connectivity index is 1.45. The molecule has 0 bridgehead atoms. The van der Waals surface area contributed by atoms with Crippen LogP contribution in [0.15, 0.2) is 30.3 Å². The van der Waals surface area contributed by atoms with Crippen LogP contribution in [0.3, 0.4) is 0 Å². The number of ether oxygens (including phenoxy) is 2. The maximum absolute atomic E-state index is 13.9. The molecule has 2 aromatic rings. The second kappa shape index (κ2) is 9.41. The largest absolute Gasteiger partial charge is 0.496 e. The van der Waals surface area contributed by atoms with E-state index in [1.165, 1.54) is 0 Å². The van der Waals surface area contributed by atoms with Crippen molar-refractivity contribution in [3.8, 4) is 11.5 Å². The molecule has 2 aliphatic heterocycles. The molecule has 3 amide bonds. The lowest BCUT2D eigenvalue weighted by Crippen LogP contribution is -2.61. The topological polar surface area (TPSA) is 91.9 Å². The molecule has 2 heterocycles. The molecule has 0 unspecified atom stereocenters. The Kier molecular flexibility index (Phi) is 6.32. The number of methoxy groups -OCH3 is 1. The van der Waals surface area contributed by atoms with Gasteiger partial charge < -0.3 is 30.3 Å². The van der Waals surface area contributed by atoms with E-state index in [9.17, 15) is 9.59 Å². The lowest BCUT2D eigenvalue weighted by Gasteiger charge is -2.47. The molecule has 0 radical (unpaired) electrons. The number of amides is 3. The van der Waals surface area contributed by atoms with Crippen LogP contribution in [-0.4, -0.2) is 48.7 Å². The van der Waals surface area contributed by atoms with Gasteiger partial charge in [0.05, 0.1) is 19.3 Å². The molecule has 2 aromatic carbocycles. The van der Waals surface area contributed by atoms with Gasteiger partial charge in [0.25, 0.3) is 0 Å². The Bertz CT molecular complexity index is 1140. The summed E-state index contributed by atoms with van der Waals surface area (Å²) in [5, 5.41) is 9.38. The number of anilines is 2.